The van der Waals surface area contributed by atoms with Gasteiger partial charge in [0.15, 0.2) is 9.84 Å². The zero-order valence-electron chi connectivity index (χ0n) is 19.5. The predicted molar refractivity (Wildman–Crippen MR) is 128 cm³/mol. The molecule has 0 saturated carbocycles. The van der Waals surface area contributed by atoms with Crippen LogP contribution in [-0.2, 0) is 15.6 Å². The normalized spacial score (nSPS) is 11.5. The Balaban J connectivity index is 1.95. The Labute approximate surface area is 199 Å². The van der Waals surface area contributed by atoms with Gasteiger partial charge in [-0.05, 0) is 36.9 Å². The highest BCUT2D eigenvalue weighted by Crippen LogP contribution is 2.37. The first-order chi connectivity index (χ1) is 16.3. The molecule has 0 radical (unpaired) electrons. The summed E-state index contributed by atoms with van der Waals surface area (Å²) in [4.78, 5) is 14.3. The molecule has 0 saturated heterocycles. The van der Waals surface area contributed by atoms with E-state index in [1.165, 1.54) is 31.8 Å². The van der Waals surface area contributed by atoms with Crippen molar-refractivity contribution >= 4 is 15.8 Å². The maximum Gasteiger partial charge on any atom is 0.339 e. The third-order valence-corrected chi connectivity index (χ3v) is 7.28. The Morgan fingerprint density at radius 1 is 1.09 bits per heavy atom. The van der Waals surface area contributed by atoms with Gasteiger partial charge in [-0.2, -0.15) is 0 Å². The van der Waals surface area contributed by atoms with Crippen molar-refractivity contribution < 1.29 is 32.2 Å². The summed E-state index contributed by atoms with van der Waals surface area (Å²) in [5, 5.41) is 9.91. The predicted octanol–water partition coefficient (Wildman–Crippen LogP) is 4.35. The van der Waals surface area contributed by atoms with E-state index in [-0.39, 0.29) is 27.5 Å². The number of methoxy groups -OCH3 is 1. The molecule has 1 aromatic heterocycles. The van der Waals surface area contributed by atoms with Gasteiger partial charge in [0.25, 0.3) is 0 Å². The van der Waals surface area contributed by atoms with Crippen LogP contribution in [-0.4, -0.2) is 57.7 Å². The van der Waals surface area contributed by atoms with Crippen molar-refractivity contribution in [2.24, 2.45) is 0 Å². The Morgan fingerprint density at radius 2 is 1.82 bits per heavy atom. The van der Waals surface area contributed by atoms with E-state index >= 15 is 0 Å². The number of carbonyl (C=O) groups is 1. The van der Waals surface area contributed by atoms with Gasteiger partial charge in [0.1, 0.15) is 28.6 Å². The van der Waals surface area contributed by atoms with Crippen molar-refractivity contribution in [2.75, 3.05) is 33.4 Å². The van der Waals surface area contributed by atoms with Gasteiger partial charge in [0, 0.05) is 17.7 Å². The quantitative estimate of drug-likeness (QED) is 0.402. The van der Waals surface area contributed by atoms with E-state index in [1.807, 2.05) is 13.8 Å². The number of benzene rings is 2. The van der Waals surface area contributed by atoms with E-state index in [0.717, 1.165) is 13.1 Å². The second kappa shape index (κ2) is 11.2. The first-order valence-electron chi connectivity index (χ1n) is 10.9. The topological polar surface area (TPSA) is 106 Å². The lowest BCUT2D eigenvalue weighted by Crippen LogP contribution is -2.28. The number of carboxylic acids is 1. The van der Waals surface area contributed by atoms with Gasteiger partial charge in [-0.25, -0.2) is 13.2 Å². The fraction of sp³-hybridized carbons (Fsp3) is 0.320. The van der Waals surface area contributed by atoms with Crippen molar-refractivity contribution in [3.63, 3.8) is 0 Å². The third kappa shape index (κ3) is 5.60. The fourth-order valence-electron chi connectivity index (χ4n) is 3.77. The van der Waals surface area contributed by atoms with E-state index in [0.29, 0.717) is 24.3 Å². The molecule has 0 bridgehead atoms. The molecule has 182 valence electrons. The number of furan rings is 1. The zero-order valence-corrected chi connectivity index (χ0v) is 20.3. The Hall–Kier alpha value is -3.30. The van der Waals surface area contributed by atoms with Crippen LogP contribution in [0.25, 0.3) is 11.1 Å². The summed E-state index contributed by atoms with van der Waals surface area (Å²) in [6, 6.07) is 11.2. The highest BCUT2D eigenvalue weighted by atomic mass is 32.2. The first kappa shape index (κ1) is 25.3. The molecule has 3 rings (SSSR count). The molecule has 8 nitrogen and oxygen atoms in total. The zero-order chi connectivity index (χ0) is 24.7. The highest BCUT2D eigenvalue weighted by molar-refractivity contribution is 7.90. The van der Waals surface area contributed by atoms with E-state index in [2.05, 4.69) is 4.90 Å². The molecule has 2 aromatic carbocycles. The summed E-state index contributed by atoms with van der Waals surface area (Å²) in [7, 11) is -2.58. The number of hydrogen-bond acceptors (Lipinski definition) is 7. The summed E-state index contributed by atoms with van der Waals surface area (Å²) in [5.74, 6) is -1.48. The number of hydrogen-bond donors (Lipinski definition) is 1. The van der Waals surface area contributed by atoms with Gasteiger partial charge in [0.05, 0.1) is 25.4 Å². The second-order valence-electron chi connectivity index (χ2n) is 7.58. The molecule has 0 spiro atoms. The van der Waals surface area contributed by atoms with E-state index in [1.54, 1.807) is 30.3 Å². The summed E-state index contributed by atoms with van der Waals surface area (Å²) >= 11 is 0. The largest absolute Gasteiger partial charge is 0.495 e. The van der Waals surface area contributed by atoms with Gasteiger partial charge in [-0.15, -0.1) is 0 Å². The molecule has 0 aliphatic carbocycles. The molecule has 0 unspecified atom stereocenters. The molecule has 1 heterocycles. The van der Waals surface area contributed by atoms with Crippen molar-refractivity contribution in [1.29, 1.82) is 0 Å². The second-order valence-corrected chi connectivity index (χ2v) is 9.54. The average Bonchev–Trinajstić information content (AvgIpc) is 3.36. The summed E-state index contributed by atoms with van der Waals surface area (Å²) in [6.45, 7) is 6.84. The van der Waals surface area contributed by atoms with Gasteiger partial charge in [-0.1, -0.05) is 38.1 Å². The minimum Gasteiger partial charge on any atom is -0.495 e. The molecule has 9 heteroatoms. The van der Waals surface area contributed by atoms with Crippen molar-refractivity contribution in [3.8, 4) is 22.6 Å². The van der Waals surface area contributed by atoms with E-state index in [9.17, 15) is 18.3 Å². The number of likely N-dealkylation sites (N-methyl/N-ethyl adjacent to an activating group) is 1. The number of sulfone groups is 1. The summed E-state index contributed by atoms with van der Waals surface area (Å²) in [6.07, 6.45) is 2.93. The minimum absolute atomic E-state index is 0.0174. The lowest BCUT2D eigenvalue weighted by atomic mass is 9.99. The summed E-state index contributed by atoms with van der Waals surface area (Å²) < 4.78 is 43.1. The fourth-order valence-corrected chi connectivity index (χ4v) is 5.29. The van der Waals surface area contributed by atoms with Gasteiger partial charge in [-0.3, -0.25) is 0 Å². The molecule has 3 aromatic rings. The maximum atomic E-state index is 13.4. The number of aromatic carboxylic acids is 1. The van der Waals surface area contributed by atoms with Crippen LogP contribution in [0.4, 0.5) is 0 Å². The van der Waals surface area contributed by atoms with Crippen LogP contribution < -0.4 is 9.47 Å². The van der Waals surface area contributed by atoms with Crippen LogP contribution in [0.15, 0.2) is 64.3 Å². The molecule has 1 N–H and O–H groups in total. The Kier molecular flexibility index (Phi) is 8.36. The monoisotopic (exact) mass is 487 g/mol. The molecular formula is C25H29NO7S. The van der Waals surface area contributed by atoms with Gasteiger partial charge >= 0.3 is 5.97 Å². The molecule has 0 amide bonds. The Morgan fingerprint density at radius 3 is 2.44 bits per heavy atom. The van der Waals surface area contributed by atoms with Crippen LogP contribution in [0, 0.1) is 0 Å². The van der Waals surface area contributed by atoms with E-state index < -0.39 is 21.6 Å². The van der Waals surface area contributed by atoms with Gasteiger partial charge in [0.2, 0.25) is 0 Å². The number of carboxylic acid groups (broad SMARTS) is 1. The maximum absolute atomic E-state index is 13.4. The summed E-state index contributed by atoms with van der Waals surface area (Å²) in [5.41, 5.74) is 1.04. The van der Waals surface area contributed by atoms with Crippen molar-refractivity contribution in [1.82, 2.24) is 4.90 Å². The minimum atomic E-state index is -3.93. The van der Waals surface area contributed by atoms with E-state index in [4.69, 9.17) is 13.9 Å². The lowest BCUT2D eigenvalue weighted by Gasteiger charge is -2.19. The highest BCUT2D eigenvalue weighted by Gasteiger charge is 2.27. The number of para-hydroxylation sites is 1. The average molecular weight is 488 g/mol. The Bertz CT molecular complexity index is 1220. The molecule has 0 aliphatic heterocycles. The SMILES string of the molecule is CCN(CC)CCOc1ccccc1S(=O)(=O)Cc1ccc(-c2ccoc2)c(OC)c1C(=O)O. The van der Waals surface area contributed by atoms with Crippen LogP contribution in [0.2, 0.25) is 0 Å². The molecule has 0 aliphatic rings. The molecule has 34 heavy (non-hydrogen) atoms. The van der Waals surface area contributed by atoms with Crippen LogP contribution in [0.1, 0.15) is 29.8 Å². The number of rotatable bonds is 12. The number of nitrogens with zero attached hydrogens (tertiary/aromatic N) is 1. The first-order valence-corrected chi connectivity index (χ1v) is 12.6. The molecule has 0 atom stereocenters. The van der Waals surface area contributed by atoms with Crippen LogP contribution in [0.5, 0.6) is 11.5 Å². The smallest absolute Gasteiger partial charge is 0.339 e. The number of ether oxygens (including phenoxy) is 2. The van der Waals surface area contributed by atoms with Crippen molar-refractivity contribution in [2.45, 2.75) is 24.5 Å². The van der Waals surface area contributed by atoms with Crippen LogP contribution >= 0.6 is 0 Å². The standard InChI is InChI=1S/C25H29NO7S/c1-4-26(5-2)13-15-33-21-8-6-7-9-22(21)34(29,30)17-19-10-11-20(18-12-14-32-16-18)24(31-3)23(19)25(27)28/h6-12,14,16H,4-5,13,15,17H2,1-3H3,(H,27,28). The third-order valence-electron chi connectivity index (χ3n) is 5.58. The van der Waals surface area contributed by atoms with Crippen molar-refractivity contribution in [3.05, 3.63) is 66.1 Å². The molecular weight excluding hydrogens is 458 g/mol. The van der Waals surface area contributed by atoms with Gasteiger partial charge < -0.3 is 23.9 Å². The molecule has 0 fully saturated rings. The van der Waals surface area contributed by atoms with Crippen LogP contribution in [0.3, 0.4) is 0 Å². The lowest BCUT2D eigenvalue weighted by molar-refractivity contribution is 0.0692.